The van der Waals surface area contributed by atoms with Gasteiger partial charge in [0.2, 0.25) is 0 Å². The first kappa shape index (κ1) is 15.3. The molecule has 0 saturated heterocycles. The SMILES string of the molecule is Cc1ccc(-n2cc(C(C)Oc3cccc4ncccc34)nn2)cc1. The van der Waals surface area contributed by atoms with Crippen molar-refractivity contribution in [1.82, 2.24) is 20.0 Å². The molecule has 1 unspecified atom stereocenters. The Labute approximate surface area is 145 Å². The largest absolute Gasteiger partial charge is 0.484 e. The van der Waals surface area contributed by atoms with E-state index in [0.29, 0.717) is 0 Å². The second-order valence-corrected chi connectivity index (χ2v) is 6.01. The zero-order valence-corrected chi connectivity index (χ0v) is 14.1. The van der Waals surface area contributed by atoms with Crippen LogP contribution in [0.15, 0.2) is 67.0 Å². The first-order valence-electron chi connectivity index (χ1n) is 8.20. The molecule has 0 amide bonds. The Hall–Kier alpha value is -3.21. The van der Waals surface area contributed by atoms with Crippen molar-refractivity contribution in [3.05, 3.63) is 78.2 Å². The summed E-state index contributed by atoms with van der Waals surface area (Å²) in [6, 6.07) is 17.9. The molecule has 1 atom stereocenters. The van der Waals surface area contributed by atoms with Gasteiger partial charge in [0.1, 0.15) is 17.5 Å². The smallest absolute Gasteiger partial charge is 0.141 e. The molecule has 4 aromatic rings. The third kappa shape index (κ3) is 3.08. The van der Waals surface area contributed by atoms with E-state index in [1.165, 1.54) is 5.56 Å². The van der Waals surface area contributed by atoms with Gasteiger partial charge in [0, 0.05) is 11.6 Å². The Morgan fingerprint density at radius 3 is 2.68 bits per heavy atom. The van der Waals surface area contributed by atoms with Gasteiger partial charge in [-0.05, 0) is 50.2 Å². The van der Waals surface area contributed by atoms with E-state index in [-0.39, 0.29) is 6.10 Å². The Kier molecular flexibility index (Phi) is 3.90. The van der Waals surface area contributed by atoms with E-state index in [4.69, 9.17) is 4.74 Å². The van der Waals surface area contributed by atoms with Crippen molar-refractivity contribution in [3.63, 3.8) is 0 Å². The van der Waals surface area contributed by atoms with Gasteiger partial charge in [-0.25, -0.2) is 4.68 Å². The molecular weight excluding hydrogens is 312 g/mol. The molecule has 2 aromatic heterocycles. The van der Waals surface area contributed by atoms with Gasteiger partial charge in [-0.1, -0.05) is 29.0 Å². The van der Waals surface area contributed by atoms with Crippen LogP contribution in [0, 0.1) is 6.92 Å². The number of aryl methyl sites for hydroxylation is 1. The summed E-state index contributed by atoms with van der Waals surface area (Å²) in [7, 11) is 0. The van der Waals surface area contributed by atoms with Gasteiger partial charge in [0.15, 0.2) is 0 Å². The maximum Gasteiger partial charge on any atom is 0.141 e. The molecule has 4 rings (SSSR count). The van der Waals surface area contributed by atoms with Crippen LogP contribution >= 0.6 is 0 Å². The van der Waals surface area contributed by atoms with E-state index < -0.39 is 0 Å². The van der Waals surface area contributed by atoms with Gasteiger partial charge >= 0.3 is 0 Å². The van der Waals surface area contributed by atoms with Crippen molar-refractivity contribution in [1.29, 1.82) is 0 Å². The molecule has 0 aliphatic carbocycles. The average Bonchev–Trinajstić information content (AvgIpc) is 3.13. The average molecular weight is 330 g/mol. The second-order valence-electron chi connectivity index (χ2n) is 6.01. The fourth-order valence-electron chi connectivity index (χ4n) is 2.72. The molecule has 2 aromatic carbocycles. The third-order valence-corrected chi connectivity index (χ3v) is 4.14. The number of fused-ring (bicyclic) bond motifs is 1. The first-order valence-corrected chi connectivity index (χ1v) is 8.20. The molecule has 5 heteroatoms. The highest BCUT2D eigenvalue weighted by molar-refractivity contribution is 5.84. The molecular formula is C20H18N4O. The van der Waals surface area contributed by atoms with E-state index in [9.17, 15) is 0 Å². The fraction of sp³-hybridized carbons (Fsp3) is 0.150. The second kappa shape index (κ2) is 6.36. The molecule has 0 radical (unpaired) electrons. The highest BCUT2D eigenvalue weighted by Crippen LogP contribution is 2.28. The van der Waals surface area contributed by atoms with Crippen molar-refractivity contribution in [2.24, 2.45) is 0 Å². The molecule has 25 heavy (non-hydrogen) atoms. The minimum Gasteiger partial charge on any atom is -0.484 e. The highest BCUT2D eigenvalue weighted by atomic mass is 16.5. The predicted molar refractivity (Wildman–Crippen MR) is 96.9 cm³/mol. The summed E-state index contributed by atoms with van der Waals surface area (Å²) in [4.78, 5) is 4.36. The molecule has 5 nitrogen and oxygen atoms in total. The van der Waals surface area contributed by atoms with Crippen LogP contribution in [-0.2, 0) is 0 Å². The van der Waals surface area contributed by atoms with Gasteiger partial charge in [0.25, 0.3) is 0 Å². The van der Waals surface area contributed by atoms with Crippen LogP contribution in [0.2, 0.25) is 0 Å². The van der Waals surface area contributed by atoms with E-state index in [0.717, 1.165) is 28.0 Å². The van der Waals surface area contributed by atoms with Crippen LogP contribution in [0.4, 0.5) is 0 Å². The molecule has 0 spiro atoms. The maximum atomic E-state index is 6.13. The molecule has 0 saturated carbocycles. The Balaban J connectivity index is 1.59. The van der Waals surface area contributed by atoms with Crippen molar-refractivity contribution < 1.29 is 4.74 Å². The number of ether oxygens (including phenoxy) is 1. The van der Waals surface area contributed by atoms with Crippen molar-refractivity contribution in [2.45, 2.75) is 20.0 Å². The lowest BCUT2D eigenvalue weighted by atomic mass is 10.2. The van der Waals surface area contributed by atoms with Crippen molar-refractivity contribution in [3.8, 4) is 11.4 Å². The molecule has 0 bridgehead atoms. The van der Waals surface area contributed by atoms with Gasteiger partial charge in [-0.3, -0.25) is 4.98 Å². The maximum absolute atomic E-state index is 6.13. The Morgan fingerprint density at radius 1 is 1.00 bits per heavy atom. The number of pyridine rings is 1. The first-order chi connectivity index (χ1) is 12.2. The molecule has 124 valence electrons. The van der Waals surface area contributed by atoms with E-state index in [2.05, 4.69) is 34.4 Å². The minimum atomic E-state index is -0.218. The normalized spacial score (nSPS) is 12.2. The third-order valence-electron chi connectivity index (χ3n) is 4.14. The monoisotopic (exact) mass is 330 g/mol. The molecule has 2 heterocycles. The lowest BCUT2D eigenvalue weighted by Crippen LogP contribution is -2.04. The lowest BCUT2D eigenvalue weighted by Gasteiger charge is -2.13. The molecule has 0 aliphatic rings. The quantitative estimate of drug-likeness (QED) is 0.561. The minimum absolute atomic E-state index is 0.218. The van der Waals surface area contributed by atoms with E-state index in [1.807, 2.05) is 55.6 Å². The van der Waals surface area contributed by atoms with Crippen molar-refractivity contribution >= 4 is 10.9 Å². The van der Waals surface area contributed by atoms with Crippen LogP contribution in [0.5, 0.6) is 5.75 Å². The summed E-state index contributed by atoms with van der Waals surface area (Å²) in [5, 5.41) is 9.47. The Morgan fingerprint density at radius 2 is 1.84 bits per heavy atom. The topological polar surface area (TPSA) is 52.8 Å². The number of aromatic nitrogens is 4. The molecule has 0 fully saturated rings. The number of hydrogen-bond donors (Lipinski definition) is 0. The molecule has 0 aliphatic heterocycles. The van der Waals surface area contributed by atoms with Gasteiger partial charge < -0.3 is 4.74 Å². The zero-order valence-electron chi connectivity index (χ0n) is 14.1. The summed E-state index contributed by atoms with van der Waals surface area (Å²) < 4.78 is 7.89. The van der Waals surface area contributed by atoms with Crippen molar-refractivity contribution in [2.75, 3.05) is 0 Å². The predicted octanol–water partition coefficient (Wildman–Crippen LogP) is 4.26. The van der Waals surface area contributed by atoms with Crippen LogP contribution in [0.25, 0.3) is 16.6 Å². The number of rotatable bonds is 4. The standard InChI is InChI=1S/C20H18N4O/c1-14-8-10-16(11-9-14)24-13-19(22-23-24)15(2)25-20-7-3-6-18-17(20)5-4-12-21-18/h3-13,15H,1-2H3. The number of hydrogen-bond acceptors (Lipinski definition) is 4. The van der Waals surface area contributed by atoms with Gasteiger partial charge in [0.05, 0.1) is 17.4 Å². The van der Waals surface area contributed by atoms with Crippen LogP contribution in [0.3, 0.4) is 0 Å². The summed E-state index contributed by atoms with van der Waals surface area (Å²) in [6.45, 7) is 4.03. The zero-order chi connectivity index (χ0) is 17.2. The van der Waals surface area contributed by atoms with Crippen LogP contribution in [-0.4, -0.2) is 20.0 Å². The number of benzene rings is 2. The summed E-state index contributed by atoms with van der Waals surface area (Å²) in [5.41, 5.74) is 3.88. The number of nitrogens with zero attached hydrogens (tertiary/aromatic N) is 4. The van der Waals surface area contributed by atoms with Crippen LogP contribution < -0.4 is 4.74 Å². The van der Waals surface area contributed by atoms with Gasteiger partial charge in [-0.2, -0.15) is 0 Å². The fourth-order valence-corrected chi connectivity index (χ4v) is 2.72. The van der Waals surface area contributed by atoms with Gasteiger partial charge in [-0.15, -0.1) is 5.10 Å². The summed E-state index contributed by atoms with van der Waals surface area (Å²) in [6.07, 6.45) is 3.46. The highest BCUT2D eigenvalue weighted by Gasteiger charge is 2.14. The summed E-state index contributed by atoms with van der Waals surface area (Å²) in [5.74, 6) is 0.794. The molecule has 0 N–H and O–H groups in total. The summed E-state index contributed by atoms with van der Waals surface area (Å²) >= 11 is 0. The van der Waals surface area contributed by atoms with E-state index >= 15 is 0 Å². The van der Waals surface area contributed by atoms with E-state index in [1.54, 1.807) is 10.9 Å². The lowest BCUT2D eigenvalue weighted by molar-refractivity contribution is 0.224. The Bertz CT molecular complexity index is 1000. The van der Waals surface area contributed by atoms with Crippen LogP contribution in [0.1, 0.15) is 24.3 Å².